The van der Waals surface area contributed by atoms with E-state index in [2.05, 4.69) is 14.7 Å². The van der Waals surface area contributed by atoms with Crippen LogP contribution < -0.4 is 0 Å². The Bertz CT molecular complexity index is 1190. The molecular weight excluding hydrogens is 449 g/mol. The first-order valence-electron chi connectivity index (χ1n) is 9.48. The van der Waals surface area contributed by atoms with Crippen LogP contribution in [0.4, 0.5) is 13.2 Å². The van der Waals surface area contributed by atoms with Gasteiger partial charge in [-0.3, -0.25) is 4.79 Å². The lowest BCUT2D eigenvalue weighted by Gasteiger charge is -2.25. The van der Waals surface area contributed by atoms with Crippen LogP contribution in [-0.4, -0.2) is 68.8 Å². The fraction of sp³-hybridized carbons (Fsp3) is 0.300. The third-order valence-corrected chi connectivity index (χ3v) is 4.77. The van der Waals surface area contributed by atoms with E-state index in [1.54, 1.807) is 17.2 Å². The molecule has 4 rings (SSSR count). The summed E-state index contributed by atoms with van der Waals surface area (Å²) in [6.45, 7) is 1.10. The van der Waals surface area contributed by atoms with Crippen molar-refractivity contribution in [2.24, 2.45) is 7.05 Å². The molecule has 3 aromatic heterocycles. The third-order valence-electron chi connectivity index (χ3n) is 4.77. The molecule has 0 saturated carbocycles. The molecule has 1 amide bonds. The number of hydrogen-bond acceptors (Lipinski definition) is 6. The van der Waals surface area contributed by atoms with Crippen LogP contribution >= 0.6 is 0 Å². The van der Waals surface area contributed by atoms with Gasteiger partial charge in [0, 0.05) is 44.7 Å². The number of carbonyl (C=O) groups excluding carboxylic acids is 2. The minimum atomic E-state index is -5.08. The van der Waals surface area contributed by atoms with E-state index >= 15 is 0 Å². The maximum Gasteiger partial charge on any atom is 0.490 e. The molecule has 0 spiro atoms. The van der Waals surface area contributed by atoms with E-state index in [1.165, 1.54) is 13.2 Å². The largest absolute Gasteiger partial charge is 0.490 e. The molecule has 3 aromatic rings. The normalized spacial score (nSPS) is 13.8. The Balaban J connectivity index is 0.000000383. The van der Waals surface area contributed by atoms with Crippen LogP contribution in [0, 0.1) is 0 Å². The third kappa shape index (κ3) is 5.25. The summed E-state index contributed by atoms with van der Waals surface area (Å²) in [6.07, 6.45) is 1.35. The molecule has 0 bridgehead atoms. The molecule has 4 heterocycles. The molecule has 33 heavy (non-hydrogen) atoms. The van der Waals surface area contributed by atoms with Crippen LogP contribution in [0.3, 0.4) is 0 Å². The molecule has 13 heteroatoms. The van der Waals surface area contributed by atoms with Crippen LogP contribution in [0.25, 0.3) is 16.7 Å². The molecular formula is C20H19F3N4O6. The number of alkyl halides is 3. The summed E-state index contributed by atoms with van der Waals surface area (Å²) in [6, 6.07) is 3.15. The summed E-state index contributed by atoms with van der Waals surface area (Å²) in [4.78, 5) is 42.1. The second-order valence-corrected chi connectivity index (χ2v) is 6.96. The smallest absolute Gasteiger partial charge is 0.475 e. The van der Waals surface area contributed by atoms with Gasteiger partial charge in [-0.2, -0.15) is 13.2 Å². The number of amides is 1. The van der Waals surface area contributed by atoms with Crippen molar-refractivity contribution in [2.45, 2.75) is 12.6 Å². The van der Waals surface area contributed by atoms with E-state index in [9.17, 15) is 22.8 Å². The molecule has 1 aliphatic rings. The topological polar surface area (TPSA) is 131 Å². The molecule has 2 N–H and O–H groups in total. The quantitative estimate of drug-likeness (QED) is 0.565. The minimum Gasteiger partial charge on any atom is -0.475 e. The molecule has 0 unspecified atom stereocenters. The van der Waals surface area contributed by atoms with E-state index in [-0.39, 0.29) is 11.7 Å². The van der Waals surface area contributed by atoms with E-state index in [0.29, 0.717) is 29.9 Å². The first kappa shape index (κ1) is 23.6. The van der Waals surface area contributed by atoms with Gasteiger partial charge in [0.1, 0.15) is 11.5 Å². The van der Waals surface area contributed by atoms with E-state index < -0.39 is 18.1 Å². The predicted molar refractivity (Wildman–Crippen MR) is 107 cm³/mol. The Morgan fingerprint density at radius 2 is 1.97 bits per heavy atom. The highest BCUT2D eigenvalue weighted by atomic mass is 19.4. The van der Waals surface area contributed by atoms with Gasteiger partial charge in [-0.15, -0.1) is 0 Å². The van der Waals surface area contributed by atoms with Gasteiger partial charge in [0.15, 0.2) is 11.3 Å². The molecule has 0 radical (unpaired) electrons. The number of halogens is 3. The highest BCUT2D eigenvalue weighted by Gasteiger charge is 2.38. The number of aromatic nitrogens is 3. The highest BCUT2D eigenvalue weighted by molar-refractivity contribution is 5.98. The maximum atomic E-state index is 12.7. The molecule has 0 aromatic carbocycles. The molecule has 10 nitrogen and oxygen atoms in total. The summed E-state index contributed by atoms with van der Waals surface area (Å²) < 4.78 is 44.0. The second kappa shape index (κ2) is 9.22. The Hall–Kier alpha value is -4.03. The Morgan fingerprint density at radius 3 is 2.45 bits per heavy atom. The van der Waals surface area contributed by atoms with Crippen molar-refractivity contribution in [1.29, 1.82) is 0 Å². The minimum absolute atomic E-state index is 0.177. The molecule has 0 fully saturated rings. The number of carboxylic acid groups (broad SMARTS) is 1. The van der Waals surface area contributed by atoms with Gasteiger partial charge in [-0.1, -0.05) is 6.08 Å². The number of esters is 1. The lowest BCUT2D eigenvalue weighted by atomic mass is 10.1. The number of methoxy groups -OCH3 is 1. The molecule has 1 aliphatic heterocycles. The number of aryl methyl sites for hydroxylation is 1. The summed E-state index contributed by atoms with van der Waals surface area (Å²) in [5.41, 5.74) is 2.47. The van der Waals surface area contributed by atoms with Crippen molar-refractivity contribution >= 4 is 34.5 Å². The van der Waals surface area contributed by atoms with Crippen LogP contribution in [0.1, 0.15) is 33.3 Å². The first-order valence-corrected chi connectivity index (χ1v) is 9.48. The van der Waals surface area contributed by atoms with Crippen LogP contribution in [0.15, 0.2) is 35.0 Å². The van der Waals surface area contributed by atoms with E-state index in [4.69, 9.17) is 14.3 Å². The number of hydrogen-bond donors (Lipinski definition) is 2. The number of aliphatic carboxylic acids is 1. The van der Waals surface area contributed by atoms with Gasteiger partial charge in [-0.25, -0.2) is 14.6 Å². The van der Waals surface area contributed by atoms with Crippen molar-refractivity contribution in [1.82, 2.24) is 19.4 Å². The number of rotatable bonds is 3. The molecule has 0 saturated heterocycles. The van der Waals surface area contributed by atoms with Crippen LogP contribution in [-0.2, 0) is 16.6 Å². The number of aromatic amines is 1. The summed E-state index contributed by atoms with van der Waals surface area (Å²) in [5, 5.41) is 7.12. The first-order chi connectivity index (χ1) is 15.5. The number of nitrogens with one attached hydrogen (secondary N) is 1. The van der Waals surface area contributed by atoms with Crippen molar-refractivity contribution in [3.8, 4) is 0 Å². The number of fused-ring (bicyclic) bond motifs is 1. The van der Waals surface area contributed by atoms with Gasteiger partial charge in [0.05, 0.1) is 12.6 Å². The fourth-order valence-electron chi connectivity index (χ4n) is 3.14. The molecule has 0 atom stereocenters. The average molecular weight is 468 g/mol. The van der Waals surface area contributed by atoms with Crippen molar-refractivity contribution in [3.05, 3.63) is 47.9 Å². The number of H-pyrrole nitrogens is 1. The Morgan fingerprint density at radius 1 is 1.27 bits per heavy atom. The summed E-state index contributed by atoms with van der Waals surface area (Å²) in [5.74, 6) is -2.24. The number of furan rings is 1. The zero-order chi connectivity index (χ0) is 24.3. The van der Waals surface area contributed by atoms with Crippen molar-refractivity contribution in [3.63, 3.8) is 0 Å². The van der Waals surface area contributed by atoms with Gasteiger partial charge in [0.2, 0.25) is 0 Å². The van der Waals surface area contributed by atoms with Crippen LogP contribution in [0.5, 0.6) is 0 Å². The van der Waals surface area contributed by atoms with Gasteiger partial charge < -0.3 is 28.7 Å². The monoisotopic (exact) mass is 468 g/mol. The predicted octanol–water partition coefficient (Wildman–Crippen LogP) is 2.84. The van der Waals surface area contributed by atoms with E-state index in [1.807, 2.05) is 23.9 Å². The van der Waals surface area contributed by atoms with E-state index in [0.717, 1.165) is 17.8 Å². The van der Waals surface area contributed by atoms with Gasteiger partial charge >= 0.3 is 18.1 Å². The number of carboxylic acids is 1. The summed E-state index contributed by atoms with van der Waals surface area (Å²) in [7, 11) is 3.26. The van der Waals surface area contributed by atoms with Crippen molar-refractivity contribution in [2.75, 3.05) is 20.2 Å². The van der Waals surface area contributed by atoms with Gasteiger partial charge in [-0.05, 0) is 12.0 Å². The zero-order valence-corrected chi connectivity index (χ0v) is 17.5. The Kier molecular flexibility index (Phi) is 6.60. The number of ether oxygens (including phenoxy) is 1. The molecule has 176 valence electrons. The number of carbonyl (C=O) groups is 3. The second-order valence-electron chi connectivity index (χ2n) is 6.96. The maximum absolute atomic E-state index is 12.7. The van der Waals surface area contributed by atoms with Gasteiger partial charge in [0.25, 0.3) is 5.91 Å². The molecule has 0 aliphatic carbocycles. The lowest BCUT2D eigenvalue weighted by Crippen LogP contribution is -2.34. The summed E-state index contributed by atoms with van der Waals surface area (Å²) >= 11 is 0. The fourth-order valence-corrected chi connectivity index (χ4v) is 3.14. The zero-order valence-electron chi connectivity index (χ0n) is 17.5. The number of imidazole rings is 1. The SMILES string of the molecule is COC(=O)c1cc2oc(C(=O)N3CC=C(c4nccn4C)CC3)cc2[nH]1.O=C(O)C(F)(F)F. The van der Waals surface area contributed by atoms with Crippen molar-refractivity contribution < 1.29 is 41.8 Å². The Labute approximate surface area is 184 Å². The average Bonchev–Trinajstić information content (AvgIpc) is 3.47. The lowest BCUT2D eigenvalue weighted by molar-refractivity contribution is -0.192. The highest BCUT2D eigenvalue weighted by Crippen LogP contribution is 2.25. The van der Waals surface area contributed by atoms with Crippen LogP contribution in [0.2, 0.25) is 0 Å². The standard InChI is InChI=1S/C18H18N4O4.C2HF3O2/c1-21-8-5-19-16(21)11-3-6-22(7-4-11)17(23)15-9-12-14(26-15)10-13(20-12)18(24)25-2;3-2(4,5)1(6)7/h3,5,8-10,20H,4,6-7H2,1-2H3;(H,6,7). The number of nitrogens with zero attached hydrogens (tertiary/aromatic N) is 3.